The molecule has 0 aromatic heterocycles. The molecule has 126 valence electrons. The van der Waals surface area contributed by atoms with Crippen molar-refractivity contribution in [2.75, 3.05) is 20.2 Å². The monoisotopic (exact) mass is 324 g/mol. The number of nitrogens with zero attached hydrogens (tertiary/aromatic N) is 1. The van der Waals surface area contributed by atoms with E-state index in [1.54, 1.807) is 7.11 Å². The number of methoxy groups -OCH3 is 1. The summed E-state index contributed by atoms with van der Waals surface area (Å²) in [5, 5.41) is 0. The van der Waals surface area contributed by atoms with Crippen molar-refractivity contribution in [3.05, 3.63) is 65.7 Å². The summed E-state index contributed by atoms with van der Waals surface area (Å²) in [7, 11) is 1.67. The zero-order chi connectivity index (χ0) is 16.9. The Labute approximate surface area is 143 Å². The van der Waals surface area contributed by atoms with Crippen LogP contribution in [0.15, 0.2) is 54.6 Å². The van der Waals surface area contributed by atoms with Gasteiger partial charge in [0.05, 0.1) is 13.2 Å². The highest BCUT2D eigenvalue weighted by atomic mass is 16.5. The van der Waals surface area contributed by atoms with Crippen molar-refractivity contribution >= 4 is 5.91 Å². The van der Waals surface area contributed by atoms with E-state index < -0.39 is 6.04 Å². The van der Waals surface area contributed by atoms with E-state index in [0.717, 1.165) is 30.8 Å². The van der Waals surface area contributed by atoms with Crippen molar-refractivity contribution in [2.45, 2.75) is 24.8 Å². The molecule has 1 aliphatic rings. The fourth-order valence-corrected chi connectivity index (χ4v) is 3.30. The van der Waals surface area contributed by atoms with Crippen molar-refractivity contribution in [1.29, 1.82) is 0 Å². The lowest BCUT2D eigenvalue weighted by molar-refractivity contribution is -0.131. The van der Waals surface area contributed by atoms with E-state index in [-0.39, 0.29) is 5.91 Å². The highest BCUT2D eigenvalue weighted by molar-refractivity contribution is 5.82. The zero-order valence-corrected chi connectivity index (χ0v) is 14.0. The maximum atomic E-state index is 12.6. The Hall–Kier alpha value is -2.33. The number of carbonyl (C=O) groups excluding carboxylic acids is 1. The molecule has 1 heterocycles. The summed E-state index contributed by atoms with van der Waals surface area (Å²) in [5.41, 5.74) is 8.50. The Morgan fingerprint density at radius 1 is 1.21 bits per heavy atom. The third-order valence-electron chi connectivity index (χ3n) is 4.70. The summed E-state index contributed by atoms with van der Waals surface area (Å²) < 4.78 is 5.20. The van der Waals surface area contributed by atoms with Gasteiger partial charge in [-0.2, -0.15) is 0 Å². The fourth-order valence-electron chi connectivity index (χ4n) is 3.30. The van der Waals surface area contributed by atoms with E-state index in [0.29, 0.717) is 12.3 Å². The molecular formula is C20H24N2O2. The second-order valence-electron chi connectivity index (χ2n) is 6.34. The van der Waals surface area contributed by atoms with Crippen LogP contribution in [0.5, 0.6) is 5.75 Å². The summed E-state index contributed by atoms with van der Waals surface area (Å²) in [6.07, 6.45) is 1.57. The third-order valence-corrected chi connectivity index (χ3v) is 4.70. The minimum absolute atomic E-state index is 0.0508. The first-order chi connectivity index (χ1) is 11.7. The molecule has 2 aromatic rings. The quantitative estimate of drug-likeness (QED) is 0.920. The van der Waals surface area contributed by atoms with Crippen molar-refractivity contribution in [2.24, 2.45) is 5.73 Å². The molecular weight excluding hydrogens is 300 g/mol. The maximum absolute atomic E-state index is 12.6. The number of likely N-dealkylation sites (tertiary alicyclic amines) is 1. The van der Waals surface area contributed by atoms with Gasteiger partial charge in [-0.25, -0.2) is 0 Å². The van der Waals surface area contributed by atoms with Gasteiger partial charge in [0, 0.05) is 19.0 Å². The molecule has 1 aliphatic heterocycles. The first-order valence-electron chi connectivity index (χ1n) is 8.39. The molecule has 2 atom stereocenters. The number of ether oxygens (including phenoxy) is 1. The van der Waals surface area contributed by atoms with E-state index >= 15 is 0 Å². The van der Waals surface area contributed by atoms with Crippen LogP contribution in [0.4, 0.5) is 0 Å². The Morgan fingerprint density at radius 3 is 2.58 bits per heavy atom. The molecule has 4 heteroatoms. The zero-order valence-electron chi connectivity index (χ0n) is 14.0. The highest BCUT2D eigenvalue weighted by Crippen LogP contribution is 2.28. The lowest BCUT2D eigenvalue weighted by Crippen LogP contribution is -2.43. The summed E-state index contributed by atoms with van der Waals surface area (Å²) in [4.78, 5) is 14.5. The standard InChI is InChI=1S/C20H24N2O2/c1-24-18-9-7-16(8-10-18)17-11-12-22(14-17)20(23)19(21)13-15-5-3-2-4-6-15/h2-10,17,19H,11-14,21H2,1H3/t17-,19-/m1/s1. The number of carbonyl (C=O) groups is 1. The SMILES string of the molecule is COc1ccc([C@@H]2CCN(C(=O)[C@H](N)Cc3ccccc3)C2)cc1. The van der Waals surface area contributed by atoms with Gasteiger partial charge >= 0.3 is 0 Å². The van der Waals surface area contributed by atoms with Crippen LogP contribution in [-0.4, -0.2) is 37.0 Å². The normalized spacial score (nSPS) is 18.4. The molecule has 2 aromatic carbocycles. The van der Waals surface area contributed by atoms with Gasteiger partial charge in [-0.1, -0.05) is 42.5 Å². The molecule has 3 rings (SSSR count). The minimum atomic E-state index is -0.470. The molecule has 0 spiro atoms. The van der Waals surface area contributed by atoms with Crippen LogP contribution in [0.1, 0.15) is 23.5 Å². The van der Waals surface area contributed by atoms with Crippen LogP contribution in [0.25, 0.3) is 0 Å². The average Bonchev–Trinajstić information content (AvgIpc) is 3.12. The van der Waals surface area contributed by atoms with Crippen molar-refractivity contribution in [3.63, 3.8) is 0 Å². The summed E-state index contributed by atoms with van der Waals surface area (Å²) in [6, 6.07) is 17.6. The molecule has 0 aliphatic carbocycles. The van der Waals surface area contributed by atoms with Crippen LogP contribution in [0.3, 0.4) is 0 Å². The number of amides is 1. The second kappa shape index (κ2) is 7.49. The van der Waals surface area contributed by atoms with Gasteiger partial charge in [-0.3, -0.25) is 4.79 Å². The van der Waals surface area contributed by atoms with Gasteiger partial charge in [0.25, 0.3) is 0 Å². The number of hydrogen-bond donors (Lipinski definition) is 1. The van der Waals surface area contributed by atoms with E-state index in [1.807, 2.05) is 47.4 Å². The Morgan fingerprint density at radius 2 is 1.92 bits per heavy atom. The van der Waals surface area contributed by atoms with Crippen molar-refractivity contribution < 1.29 is 9.53 Å². The average molecular weight is 324 g/mol. The Kier molecular flexibility index (Phi) is 5.16. The third kappa shape index (κ3) is 3.77. The molecule has 1 amide bonds. The Bertz CT molecular complexity index is 670. The lowest BCUT2D eigenvalue weighted by Gasteiger charge is -2.21. The number of rotatable bonds is 5. The molecule has 1 saturated heterocycles. The van der Waals surface area contributed by atoms with Crippen LogP contribution in [0.2, 0.25) is 0 Å². The van der Waals surface area contributed by atoms with Crippen LogP contribution >= 0.6 is 0 Å². The van der Waals surface area contributed by atoms with Crippen LogP contribution in [0, 0.1) is 0 Å². The van der Waals surface area contributed by atoms with Crippen molar-refractivity contribution in [1.82, 2.24) is 4.90 Å². The predicted octanol–water partition coefficient (Wildman–Crippen LogP) is 2.58. The predicted molar refractivity (Wildman–Crippen MR) is 95.1 cm³/mol. The first-order valence-corrected chi connectivity index (χ1v) is 8.39. The van der Waals surface area contributed by atoms with Crippen molar-refractivity contribution in [3.8, 4) is 5.75 Å². The van der Waals surface area contributed by atoms with E-state index in [4.69, 9.17) is 10.5 Å². The molecule has 4 nitrogen and oxygen atoms in total. The lowest BCUT2D eigenvalue weighted by atomic mass is 9.98. The van der Waals surface area contributed by atoms with Crippen LogP contribution in [-0.2, 0) is 11.2 Å². The van der Waals surface area contributed by atoms with Gasteiger partial charge < -0.3 is 15.4 Å². The molecule has 2 N–H and O–H groups in total. The molecule has 0 unspecified atom stereocenters. The summed E-state index contributed by atoms with van der Waals surface area (Å²) in [6.45, 7) is 1.52. The molecule has 0 bridgehead atoms. The second-order valence-corrected chi connectivity index (χ2v) is 6.34. The topological polar surface area (TPSA) is 55.6 Å². The molecule has 1 fully saturated rings. The van der Waals surface area contributed by atoms with E-state index in [9.17, 15) is 4.79 Å². The van der Waals surface area contributed by atoms with Gasteiger partial charge in [-0.15, -0.1) is 0 Å². The van der Waals surface area contributed by atoms with Crippen LogP contribution < -0.4 is 10.5 Å². The van der Waals surface area contributed by atoms with Gasteiger partial charge in [0.2, 0.25) is 5.91 Å². The molecule has 24 heavy (non-hydrogen) atoms. The van der Waals surface area contributed by atoms with E-state index in [1.165, 1.54) is 5.56 Å². The highest BCUT2D eigenvalue weighted by Gasteiger charge is 2.30. The first kappa shape index (κ1) is 16.5. The van der Waals surface area contributed by atoms with Gasteiger partial charge in [0.15, 0.2) is 0 Å². The molecule has 0 saturated carbocycles. The fraction of sp³-hybridized carbons (Fsp3) is 0.350. The van der Waals surface area contributed by atoms with E-state index in [2.05, 4.69) is 12.1 Å². The summed E-state index contributed by atoms with van der Waals surface area (Å²) >= 11 is 0. The van der Waals surface area contributed by atoms with Gasteiger partial charge in [-0.05, 0) is 36.1 Å². The largest absolute Gasteiger partial charge is 0.497 e. The molecule has 0 radical (unpaired) electrons. The number of hydrogen-bond acceptors (Lipinski definition) is 3. The number of nitrogens with two attached hydrogens (primary N) is 1. The Balaban J connectivity index is 1.58. The van der Waals surface area contributed by atoms with Gasteiger partial charge in [0.1, 0.15) is 5.75 Å². The summed E-state index contributed by atoms with van der Waals surface area (Å²) in [5.74, 6) is 1.29. The smallest absolute Gasteiger partial charge is 0.239 e. The number of benzene rings is 2. The maximum Gasteiger partial charge on any atom is 0.239 e. The minimum Gasteiger partial charge on any atom is -0.497 e.